The average molecular weight is 241 g/mol. The number of hydrogen-bond donors (Lipinski definition) is 4. The van der Waals surface area contributed by atoms with Crippen LogP contribution < -0.4 is 16.0 Å². The average Bonchev–Trinajstić information content (AvgIpc) is 2.29. The Bertz CT molecular complexity index is 322. The van der Waals surface area contributed by atoms with Crippen molar-refractivity contribution in [1.82, 2.24) is 16.0 Å². The number of carboxylic acid groups (broad SMARTS) is 1. The fraction of sp³-hybridized carbons (Fsp3) is 0.500. The van der Waals surface area contributed by atoms with Gasteiger partial charge in [-0.25, -0.2) is 4.79 Å². The molecule has 0 spiro atoms. The molecule has 3 amide bonds. The van der Waals surface area contributed by atoms with Gasteiger partial charge in [0.1, 0.15) is 6.54 Å². The molecular formula is C10H15N3O4. The van der Waals surface area contributed by atoms with E-state index in [1.165, 1.54) is 0 Å². The van der Waals surface area contributed by atoms with Crippen LogP contribution in [-0.4, -0.2) is 42.6 Å². The van der Waals surface area contributed by atoms with Crippen molar-refractivity contribution in [3.05, 3.63) is 0 Å². The number of aliphatic carboxylic acids is 1. The number of unbranched alkanes of at least 4 members (excludes halogenated alkanes) is 1. The van der Waals surface area contributed by atoms with E-state index in [-0.39, 0.29) is 6.54 Å². The summed E-state index contributed by atoms with van der Waals surface area (Å²) < 4.78 is 0. The van der Waals surface area contributed by atoms with Crippen molar-refractivity contribution in [3.8, 4) is 12.3 Å². The van der Waals surface area contributed by atoms with E-state index in [0.29, 0.717) is 19.4 Å². The first-order chi connectivity index (χ1) is 8.06. The third-order valence-electron chi connectivity index (χ3n) is 1.63. The molecule has 0 rings (SSSR count). The predicted molar refractivity (Wildman–Crippen MR) is 60.1 cm³/mol. The van der Waals surface area contributed by atoms with E-state index in [1.54, 1.807) is 0 Å². The molecular weight excluding hydrogens is 226 g/mol. The van der Waals surface area contributed by atoms with Gasteiger partial charge in [-0.05, 0) is 6.42 Å². The van der Waals surface area contributed by atoms with E-state index in [0.717, 1.165) is 0 Å². The first-order valence-corrected chi connectivity index (χ1v) is 5.00. The highest BCUT2D eigenvalue weighted by Gasteiger charge is 2.05. The van der Waals surface area contributed by atoms with Gasteiger partial charge in [0.25, 0.3) is 0 Å². The summed E-state index contributed by atoms with van der Waals surface area (Å²) in [4.78, 5) is 32.2. The first-order valence-electron chi connectivity index (χ1n) is 5.00. The number of terminal acetylenes is 1. The number of amides is 3. The third kappa shape index (κ3) is 10.1. The number of urea groups is 1. The number of rotatable bonds is 7. The highest BCUT2D eigenvalue weighted by atomic mass is 16.4. The van der Waals surface area contributed by atoms with Gasteiger partial charge in [0, 0.05) is 13.0 Å². The lowest BCUT2D eigenvalue weighted by atomic mass is 10.3. The Morgan fingerprint density at radius 1 is 1.12 bits per heavy atom. The molecule has 7 nitrogen and oxygen atoms in total. The molecule has 94 valence electrons. The van der Waals surface area contributed by atoms with E-state index in [2.05, 4.69) is 21.9 Å². The minimum absolute atomic E-state index is 0.270. The molecule has 0 aromatic heterocycles. The Labute approximate surface area is 99.0 Å². The smallest absolute Gasteiger partial charge is 0.322 e. The molecule has 4 N–H and O–H groups in total. The second-order valence-corrected chi connectivity index (χ2v) is 3.09. The fourth-order valence-electron chi connectivity index (χ4n) is 0.852. The van der Waals surface area contributed by atoms with Gasteiger partial charge in [0.05, 0.1) is 6.54 Å². The molecule has 17 heavy (non-hydrogen) atoms. The Kier molecular flexibility index (Phi) is 7.84. The molecule has 0 heterocycles. The molecule has 0 aromatic carbocycles. The summed E-state index contributed by atoms with van der Waals surface area (Å²) in [6, 6.07) is -0.493. The van der Waals surface area contributed by atoms with Crippen molar-refractivity contribution in [1.29, 1.82) is 0 Å². The maximum absolute atomic E-state index is 11.1. The van der Waals surface area contributed by atoms with E-state index in [9.17, 15) is 14.4 Å². The second kappa shape index (κ2) is 9.03. The summed E-state index contributed by atoms with van der Waals surface area (Å²) >= 11 is 0. The van der Waals surface area contributed by atoms with Gasteiger partial charge in [-0.3, -0.25) is 9.59 Å². The van der Waals surface area contributed by atoms with Gasteiger partial charge >= 0.3 is 12.0 Å². The van der Waals surface area contributed by atoms with Crippen LogP contribution in [0.25, 0.3) is 0 Å². The summed E-state index contributed by atoms with van der Waals surface area (Å²) in [6.45, 7) is -0.314. The summed E-state index contributed by atoms with van der Waals surface area (Å²) in [7, 11) is 0. The maximum atomic E-state index is 11.1. The van der Waals surface area contributed by atoms with Crippen LogP contribution in [0.1, 0.15) is 12.8 Å². The van der Waals surface area contributed by atoms with Crippen LogP contribution in [0.2, 0.25) is 0 Å². The van der Waals surface area contributed by atoms with Crippen molar-refractivity contribution in [2.75, 3.05) is 19.6 Å². The number of hydrogen-bond acceptors (Lipinski definition) is 3. The van der Waals surface area contributed by atoms with Gasteiger partial charge in [0.15, 0.2) is 0 Å². The first kappa shape index (κ1) is 14.8. The van der Waals surface area contributed by atoms with Gasteiger partial charge in [-0.15, -0.1) is 12.3 Å². The van der Waals surface area contributed by atoms with Crippen molar-refractivity contribution in [2.24, 2.45) is 0 Å². The van der Waals surface area contributed by atoms with Crippen LogP contribution in [0, 0.1) is 12.3 Å². The zero-order chi connectivity index (χ0) is 13.1. The lowest BCUT2D eigenvalue weighted by Crippen LogP contribution is -2.43. The molecule has 0 aliphatic heterocycles. The Hall–Kier alpha value is -2.23. The van der Waals surface area contributed by atoms with E-state index in [1.807, 2.05) is 0 Å². The topological polar surface area (TPSA) is 108 Å². The maximum Gasteiger partial charge on any atom is 0.322 e. The summed E-state index contributed by atoms with van der Waals surface area (Å²) in [5.74, 6) is 0.722. The van der Waals surface area contributed by atoms with Crippen LogP contribution in [0.4, 0.5) is 4.79 Å². The lowest BCUT2D eigenvalue weighted by molar-refractivity contribution is -0.137. The van der Waals surface area contributed by atoms with Crippen molar-refractivity contribution < 1.29 is 19.5 Å². The minimum Gasteiger partial charge on any atom is -0.480 e. The van der Waals surface area contributed by atoms with Crippen molar-refractivity contribution >= 4 is 17.9 Å². The number of carbonyl (C=O) groups excluding carboxylic acids is 2. The molecule has 0 saturated heterocycles. The Balaban J connectivity index is 3.53. The predicted octanol–water partition coefficient (Wildman–Crippen LogP) is -1.10. The molecule has 0 atom stereocenters. The molecule has 0 fully saturated rings. The summed E-state index contributed by atoms with van der Waals surface area (Å²) in [5, 5.41) is 15.2. The summed E-state index contributed by atoms with van der Waals surface area (Å²) in [6.07, 6.45) is 6.25. The van der Waals surface area contributed by atoms with E-state index >= 15 is 0 Å². The number of nitrogens with one attached hydrogen (secondary N) is 3. The molecule has 0 unspecified atom stereocenters. The molecule has 0 aromatic rings. The molecule has 0 bridgehead atoms. The van der Waals surface area contributed by atoms with E-state index < -0.39 is 24.5 Å². The van der Waals surface area contributed by atoms with E-state index in [4.69, 9.17) is 11.5 Å². The van der Waals surface area contributed by atoms with Crippen LogP contribution >= 0.6 is 0 Å². The summed E-state index contributed by atoms with van der Waals surface area (Å²) in [5.41, 5.74) is 0. The molecule has 0 aliphatic rings. The van der Waals surface area contributed by atoms with Crippen LogP contribution in [0.3, 0.4) is 0 Å². The molecule has 0 aliphatic carbocycles. The fourth-order valence-corrected chi connectivity index (χ4v) is 0.852. The highest BCUT2D eigenvalue weighted by molar-refractivity contribution is 5.86. The third-order valence-corrected chi connectivity index (χ3v) is 1.63. The van der Waals surface area contributed by atoms with Gasteiger partial charge in [-0.2, -0.15) is 0 Å². The largest absolute Gasteiger partial charge is 0.480 e. The van der Waals surface area contributed by atoms with Crippen LogP contribution in [-0.2, 0) is 9.59 Å². The van der Waals surface area contributed by atoms with Gasteiger partial charge in [0.2, 0.25) is 5.91 Å². The minimum atomic E-state index is -1.14. The lowest BCUT2D eigenvalue weighted by Gasteiger charge is -2.06. The number of carbonyl (C=O) groups is 3. The highest BCUT2D eigenvalue weighted by Crippen LogP contribution is 1.82. The zero-order valence-corrected chi connectivity index (χ0v) is 9.28. The quantitative estimate of drug-likeness (QED) is 0.335. The SMILES string of the molecule is C#CCCCNC(=O)NCC(=O)NCC(=O)O. The van der Waals surface area contributed by atoms with Crippen LogP contribution in [0.5, 0.6) is 0 Å². The molecule has 0 saturated carbocycles. The van der Waals surface area contributed by atoms with Gasteiger partial charge in [-0.1, -0.05) is 0 Å². The number of carboxylic acids is 1. The Morgan fingerprint density at radius 2 is 1.82 bits per heavy atom. The standard InChI is InChI=1S/C10H15N3O4/c1-2-3-4-5-11-10(17)13-6-8(14)12-7-9(15)16/h1H,3-7H2,(H,12,14)(H,15,16)(H2,11,13,17). The molecule has 0 radical (unpaired) electrons. The molecule has 7 heteroatoms. The van der Waals surface area contributed by atoms with Gasteiger partial charge < -0.3 is 21.1 Å². The monoisotopic (exact) mass is 241 g/mol. The zero-order valence-electron chi connectivity index (χ0n) is 9.28. The Morgan fingerprint density at radius 3 is 2.41 bits per heavy atom. The van der Waals surface area contributed by atoms with Crippen molar-refractivity contribution in [2.45, 2.75) is 12.8 Å². The normalized spacial score (nSPS) is 8.88. The second-order valence-electron chi connectivity index (χ2n) is 3.09. The van der Waals surface area contributed by atoms with Crippen molar-refractivity contribution in [3.63, 3.8) is 0 Å². The van der Waals surface area contributed by atoms with Crippen LogP contribution in [0.15, 0.2) is 0 Å².